The molecule has 0 atom stereocenters. The van der Waals surface area contributed by atoms with E-state index in [0.29, 0.717) is 19.1 Å². The van der Waals surface area contributed by atoms with Gasteiger partial charge in [-0.2, -0.15) is 4.31 Å². The summed E-state index contributed by atoms with van der Waals surface area (Å²) in [7, 11) is -3.23. The van der Waals surface area contributed by atoms with Crippen LogP contribution in [0.15, 0.2) is 0 Å². The summed E-state index contributed by atoms with van der Waals surface area (Å²) in [6.07, 6.45) is 5.10. The van der Waals surface area contributed by atoms with Crippen molar-refractivity contribution in [2.45, 2.75) is 38.6 Å². The lowest BCUT2D eigenvalue weighted by molar-refractivity contribution is 0.0957. The minimum atomic E-state index is -3.23. The molecule has 1 aliphatic heterocycles. The Kier molecular flexibility index (Phi) is 7.08. The van der Waals surface area contributed by atoms with Crippen molar-refractivity contribution in [2.75, 3.05) is 51.8 Å². The first-order valence-electron chi connectivity index (χ1n) is 8.43. The Labute approximate surface area is 134 Å². The maximum Gasteiger partial charge on any atom is 0.216 e. The van der Waals surface area contributed by atoms with Gasteiger partial charge in [0.25, 0.3) is 0 Å². The van der Waals surface area contributed by atoms with Crippen molar-refractivity contribution in [3.05, 3.63) is 0 Å². The zero-order valence-electron chi connectivity index (χ0n) is 13.6. The molecule has 2 fully saturated rings. The van der Waals surface area contributed by atoms with Crippen molar-refractivity contribution in [1.29, 1.82) is 0 Å². The van der Waals surface area contributed by atoms with Gasteiger partial charge in [-0.05, 0) is 31.6 Å². The molecule has 1 N–H and O–H groups in total. The maximum absolute atomic E-state index is 12.2. The van der Waals surface area contributed by atoms with Gasteiger partial charge in [0.1, 0.15) is 0 Å². The van der Waals surface area contributed by atoms with Crippen LogP contribution >= 0.6 is 0 Å². The second-order valence-corrected chi connectivity index (χ2v) is 8.59. The Morgan fingerprint density at radius 3 is 2.27 bits per heavy atom. The van der Waals surface area contributed by atoms with Crippen LogP contribution in [0.2, 0.25) is 0 Å². The van der Waals surface area contributed by atoms with Crippen molar-refractivity contribution >= 4 is 10.0 Å². The van der Waals surface area contributed by atoms with E-state index in [4.69, 9.17) is 9.84 Å². The van der Waals surface area contributed by atoms with Gasteiger partial charge in [-0.15, -0.1) is 0 Å². The van der Waals surface area contributed by atoms with Gasteiger partial charge in [0.05, 0.1) is 25.6 Å². The fourth-order valence-corrected chi connectivity index (χ4v) is 4.72. The van der Waals surface area contributed by atoms with Gasteiger partial charge in [0, 0.05) is 32.2 Å². The molecule has 6 nitrogen and oxygen atoms in total. The number of rotatable bonds is 7. The Morgan fingerprint density at radius 2 is 1.68 bits per heavy atom. The highest BCUT2D eigenvalue weighted by Gasteiger charge is 2.31. The lowest BCUT2D eigenvalue weighted by Crippen LogP contribution is -2.53. The monoisotopic (exact) mass is 334 g/mol. The second-order valence-electron chi connectivity index (χ2n) is 6.50. The Hall–Kier alpha value is -0.210. The summed E-state index contributed by atoms with van der Waals surface area (Å²) in [5.74, 6) is 0.852. The third kappa shape index (κ3) is 5.16. The first-order chi connectivity index (χ1) is 10.5. The summed E-state index contributed by atoms with van der Waals surface area (Å²) in [5, 5.41) is 8.62. The van der Waals surface area contributed by atoms with Crippen LogP contribution in [-0.2, 0) is 14.8 Å². The van der Waals surface area contributed by atoms with Crippen molar-refractivity contribution in [1.82, 2.24) is 9.21 Å². The van der Waals surface area contributed by atoms with Crippen molar-refractivity contribution in [3.8, 4) is 0 Å². The van der Waals surface area contributed by atoms with Gasteiger partial charge >= 0.3 is 0 Å². The van der Waals surface area contributed by atoms with E-state index < -0.39 is 10.0 Å². The van der Waals surface area contributed by atoms with Crippen LogP contribution in [0, 0.1) is 5.92 Å². The smallest absolute Gasteiger partial charge is 0.216 e. The van der Waals surface area contributed by atoms with Crippen molar-refractivity contribution < 1.29 is 18.3 Å². The standard InChI is InChI=1S/C15H30N2O4S/c1-14-2-4-15(5-3-14)16-6-8-17(9-7-16)22(19,20)13-12-21-11-10-18/h14-15,18H,2-13H2,1H3. The van der Waals surface area contributed by atoms with E-state index in [-0.39, 0.29) is 25.6 Å². The molecule has 1 heterocycles. The van der Waals surface area contributed by atoms with Gasteiger partial charge in [-0.3, -0.25) is 4.90 Å². The summed E-state index contributed by atoms with van der Waals surface area (Å²) in [5.41, 5.74) is 0. The van der Waals surface area contributed by atoms with Crippen LogP contribution in [0.25, 0.3) is 0 Å². The SMILES string of the molecule is CC1CCC(N2CCN(S(=O)(=O)CCOCCO)CC2)CC1. The molecule has 0 aromatic rings. The van der Waals surface area contributed by atoms with Crippen molar-refractivity contribution in [3.63, 3.8) is 0 Å². The molecule has 1 aliphatic carbocycles. The fourth-order valence-electron chi connectivity index (χ4n) is 3.41. The van der Waals surface area contributed by atoms with Gasteiger partial charge in [0.15, 0.2) is 0 Å². The molecule has 0 radical (unpaired) electrons. The van der Waals surface area contributed by atoms with E-state index >= 15 is 0 Å². The lowest BCUT2D eigenvalue weighted by atomic mass is 9.86. The van der Waals surface area contributed by atoms with Crippen molar-refractivity contribution in [2.24, 2.45) is 5.92 Å². The van der Waals surface area contributed by atoms with Crippen LogP contribution in [0.5, 0.6) is 0 Å². The summed E-state index contributed by atoms with van der Waals surface area (Å²) >= 11 is 0. The Morgan fingerprint density at radius 1 is 1.05 bits per heavy atom. The number of ether oxygens (including phenoxy) is 1. The molecule has 0 unspecified atom stereocenters. The molecule has 1 saturated heterocycles. The normalized spacial score (nSPS) is 28.8. The van der Waals surface area contributed by atoms with E-state index in [2.05, 4.69) is 11.8 Å². The molecule has 7 heteroatoms. The zero-order valence-corrected chi connectivity index (χ0v) is 14.4. The Balaban J connectivity index is 1.74. The highest BCUT2D eigenvalue weighted by molar-refractivity contribution is 7.89. The number of sulfonamides is 1. The molecular weight excluding hydrogens is 304 g/mol. The average molecular weight is 334 g/mol. The zero-order chi connectivity index (χ0) is 16.0. The highest BCUT2D eigenvalue weighted by atomic mass is 32.2. The minimum Gasteiger partial charge on any atom is -0.394 e. The molecule has 0 aromatic heterocycles. The molecule has 22 heavy (non-hydrogen) atoms. The van der Waals surface area contributed by atoms with Crippen LogP contribution in [-0.4, -0.2) is 80.5 Å². The topological polar surface area (TPSA) is 70.1 Å². The number of hydrogen-bond acceptors (Lipinski definition) is 5. The molecule has 0 bridgehead atoms. The van der Waals surface area contributed by atoms with E-state index in [0.717, 1.165) is 19.0 Å². The van der Waals surface area contributed by atoms with Gasteiger partial charge in [-0.25, -0.2) is 8.42 Å². The number of nitrogens with zero attached hydrogens (tertiary/aromatic N) is 2. The largest absolute Gasteiger partial charge is 0.394 e. The Bertz CT molecular complexity index is 413. The highest BCUT2D eigenvalue weighted by Crippen LogP contribution is 2.27. The quantitative estimate of drug-likeness (QED) is 0.688. The average Bonchev–Trinajstić information content (AvgIpc) is 2.52. The van der Waals surface area contributed by atoms with E-state index in [1.165, 1.54) is 25.7 Å². The molecule has 130 valence electrons. The summed E-state index contributed by atoms with van der Waals surface area (Å²) < 4.78 is 31.1. The minimum absolute atomic E-state index is 0.00788. The summed E-state index contributed by atoms with van der Waals surface area (Å²) in [6, 6.07) is 0.647. The maximum atomic E-state index is 12.2. The lowest BCUT2D eigenvalue weighted by Gasteiger charge is -2.41. The van der Waals surface area contributed by atoms with Gasteiger partial charge < -0.3 is 9.84 Å². The number of aliphatic hydroxyl groups is 1. The summed E-state index contributed by atoms with van der Waals surface area (Å²) in [4.78, 5) is 2.47. The summed E-state index contributed by atoms with van der Waals surface area (Å²) in [6.45, 7) is 5.47. The molecule has 0 aromatic carbocycles. The predicted molar refractivity (Wildman–Crippen MR) is 86.3 cm³/mol. The fraction of sp³-hybridized carbons (Fsp3) is 1.00. The van der Waals surface area contributed by atoms with Gasteiger partial charge in [-0.1, -0.05) is 6.92 Å². The van der Waals surface area contributed by atoms with Crippen LogP contribution in [0.3, 0.4) is 0 Å². The number of aliphatic hydroxyl groups excluding tert-OH is 1. The molecule has 0 amide bonds. The molecule has 1 saturated carbocycles. The molecule has 0 spiro atoms. The second kappa shape index (κ2) is 8.59. The van der Waals surface area contributed by atoms with Crippen LogP contribution < -0.4 is 0 Å². The molecule has 2 rings (SSSR count). The van der Waals surface area contributed by atoms with E-state index in [1.54, 1.807) is 4.31 Å². The first-order valence-corrected chi connectivity index (χ1v) is 10.0. The molecular formula is C15H30N2O4S. The third-order valence-corrected chi connectivity index (χ3v) is 6.72. The molecule has 2 aliphatic rings. The predicted octanol–water partition coefficient (Wildman–Crippen LogP) is 0.521. The van der Waals surface area contributed by atoms with Crippen LogP contribution in [0.1, 0.15) is 32.6 Å². The van der Waals surface area contributed by atoms with Crippen LogP contribution in [0.4, 0.5) is 0 Å². The van der Waals surface area contributed by atoms with E-state index in [1.807, 2.05) is 0 Å². The third-order valence-electron chi connectivity index (χ3n) is 4.89. The number of piperazine rings is 1. The number of hydrogen-bond donors (Lipinski definition) is 1. The van der Waals surface area contributed by atoms with Gasteiger partial charge in [0.2, 0.25) is 10.0 Å². The van der Waals surface area contributed by atoms with E-state index in [9.17, 15) is 8.42 Å². The first kappa shape index (κ1) is 18.1.